The highest BCUT2D eigenvalue weighted by Crippen LogP contribution is 2.01. The van der Waals surface area contributed by atoms with Gasteiger partial charge < -0.3 is 5.11 Å². The molecule has 0 saturated heterocycles. The molecule has 0 rings (SSSR count). The topological polar surface area (TPSA) is 54.4 Å². The minimum Gasteiger partial charge on any atom is -0.508 e. The van der Waals surface area contributed by atoms with Crippen LogP contribution in [0.3, 0.4) is 0 Å². The number of hydrogen-bond donors (Lipinski definition) is 1. The first-order valence-electron chi connectivity index (χ1n) is 4.70. The molecular formula is C13H14O3. The van der Waals surface area contributed by atoms with E-state index in [4.69, 9.17) is 5.11 Å². The van der Waals surface area contributed by atoms with Gasteiger partial charge in [0.15, 0.2) is 0 Å². The molecule has 0 aliphatic heterocycles. The van der Waals surface area contributed by atoms with Crippen molar-refractivity contribution < 1.29 is 14.7 Å². The van der Waals surface area contributed by atoms with E-state index in [9.17, 15) is 9.59 Å². The van der Waals surface area contributed by atoms with Gasteiger partial charge in [-0.05, 0) is 24.1 Å². The fraction of sp³-hybridized carbons (Fsp3) is 0.0769. The van der Waals surface area contributed by atoms with Gasteiger partial charge in [0.25, 0.3) is 0 Å². The Hall–Kier alpha value is -2.16. The van der Waals surface area contributed by atoms with E-state index in [2.05, 4.69) is 6.58 Å². The van der Waals surface area contributed by atoms with Crippen molar-refractivity contribution in [2.24, 2.45) is 0 Å². The molecule has 0 saturated carbocycles. The molecule has 0 unspecified atom stereocenters. The van der Waals surface area contributed by atoms with E-state index in [0.29, 0.717) is 19.0 Å². The Balaban J connectivity index is 4.30. The van der Waals surface area contributed by atoms with Crippen LogP contribution in [-0.4, -0.2) is 17.7 Å². The Labute approximate surface area is 94.8 Å². The summed E-state index contributed by atoms with van der Waals surface area (Å²) in [6.45, 7) is 3.59. The van der Waals surface area contributed by atoms with E-state index in [1.165, 1.54) is 12.2 Å². The van der Waals surface area contributed by atoms with E-state index in [-0.39, 0.29) is 5.76 Å². The summed E-state index contributed by atoms with van der Waals surface area (Å²) in [7, 11) is 0. The molecule has 0 radical (unpaired) electrons. The Kier molecular flexibility index (Phi) is 8.13. The second-order valence-electron chi connectivity index (χ2n) is 2.77. The molecule has 3 heteroatoms. The zero-order chi connectivity index (χ0) is 12.2. The van der Waals surface area contributed by atoms with Crippen molar-refractivity contribution in [3.8, 4) is 0 Å². The van der Waals surface area contributed by atoms with E-state index in [1.807, 2.05) is 6.08 Å². The predicted molar refractivity (Wildman–Crippen MR) is 64.0 cm³/mol. The normalized spacial score (nSPS) is 13.2. The zero-order valence-electron chi connectivity index (χ0n) is 8.87. The molecule has 1 N–H and O–H groups in total. The standard InChI is InChI=1S/C13H14O3/c1-2-12(7-5-10-14)6-3-4-8-13(16)9-11-15/h2,4-11,16H,1,3H2/b7-5+,8-4-,12-6+,13-9+. The van der Waals surface area contributed by atoms with Crippen molar-refractivity contribution in [2.45, 2.75) is 6.42 Å². The molecule has 0 aromatic carbocycles. The molecule has 0 heterocycles. The van der Waals surface area contributed by atoms with Crippen LogP contribution in [-0.2, 0) is 9.59 Å². The van der Waals surface area contributed by atoms with Crippen LogP contribution in [0.15, 0.2) is 60.4 Å². The van der Waals surface area contributed by atoms with Gasteiger partial charge in [0.05, 0.1) is 0 Å². The highest BCUT2D eigenvalue weighted by Gasteiger charge is 1.84. The van der Waals surface area contributed by atoms with Gasteiger partial charge in [-0.2, -0.15) is 0 Å². The Morgan fingerprint density at radius 2 is 1.94 bits per heavy atom. The van der Waals surface area contributed by atoms with Gasteiger partial charge in [-0.15, -0.1) is 0 Å². The summed E-state index contributed by atoms with van der Waals surface area (Å²) < 4.78 is 0. The van der Waals surface area contributed by atoms with Crippen LogP contribution in [0.4, 0.5) is 0 Å². The summed E-state index contributed by atoms with van der Waals surface area (Å²) in [4.78, 5) is 20.1. The van der Waals surface area contributed by atoms with E-state index in [1.54, 1.807) is 18.2 Å². The van der Waals surface area contributed by atoms with Gasteiger partial charge in [-0.3, -0.25) is 9.59 Å². The fourth-order valence-electron chi connectivity index (χ4n) is 0.888. The zero-order valence-corrected chi connectivity index (χ0v) is 8.87. The summed E-state index contributed by atoms with van der Waals surface area (Å²) in [6.07, 6.45) is 12.4. The molecule has 0 aliphatic carbocycles. The number of hydrogen-bond acceptors (Lipinski definition) is 3. The summed E-state index contributed by atoms with van der Waals surface area (Å²) >= 11 is 0. The third-order valence-corrected chi connectivity index (χ3v) is 1.62. The maximum atomic E-state index is 10.1. The highest BCUT2D eigenvalue weighted by atomic mass is 16.3. The maximum absolute atomic E-state index is 10.1. The van der Waals surface area contributed by atoms with Crippen molar-refractivity contribution in [1.29, 1.82) is 0 Å². The van der Waals surface area contributed by atoms with Crippen molar-refractivity contribution in [3.05, 3.63) is 60.4 Å². The third kappa shape index (κ3) is 7.26. The van der Waals surface area contributed by atoms with Gasteiger partial charge in [0.1, 0.15) is 18.3 Å². The molecule has 3 nitrogen and oxygen atoms in total. The summed E-state index contributed by atoms with van der Waals surface area (Å²) in [5, 5.41) is 9.05. The molecule has 0 fully saturated rings. The van der Waals surface area contributed by atoms with Crippen LogP contribution in [0, 0.1) is 0 Å². The van der Waals surface area contributed by atoms with Crippen molar-refractivity contribution in [3.63, 3.8) is 0 Å². The lowest BCUT2D eigenvalue weighted by Crippen LogP contribution is -1.75. The molecule has 0 aromatic heterocycles. The Bertz CT molecular complexity index is 357. The first-order valence-corrected chi connectivity index (χ1v) is 4.70. The molecule has 16 heavy (non-hydrogen) atoms. The van der Waals surface area contributed by atoms with Crippen LogP contribution in [0.2, 0.25) is 0 Å². The average molecular weight is 218 g/mol. The SMILES string of the molecule is C=CC(/C=C/C=O)=C\C/C=C\C(O)=C/C=O. The van der Waals surface area contributed by atoms with E-state index in [0.717, 1.165) is 11.6 Å². The summed E-state index contributed by atoms with van der Waals surface area (Å²) in [5.74, 6) is -0.0908. The molecule has 84 valence electrons. The first-order chi connectivity index (χ1) is 7.74. The second kappa shape index (κ2) is 9.40. The number of carbonyl (C=O) groups is 2. The van der Waals surface area contributed by atoms with E-state index >= 15 is 0 Å². The number of rotatable bonds is 7. The quantitative estimate of drug-likeness (QED) is 0.309. The van der Waals surface area contributed by atoms with Crippen molar-refractivity contribution in [1.82, 2.24) is 0 Å². The maximum Gasteiger partial charge on any atom is 0.146 e. The van der Waals surface area contributed by atoms with Crippen molar-refractivity contribution in [2.75, 3.05) is 0 Å². The lowest BCUT2D eigenvalue weighted by Gasteiger charge is -1.90. The Morgan fingerprint density at radius 1 is 1.19 bits per heavy atom. The number of aldehydes is 2. The number of aliphatic hydroxyl groups excluding tert-OH is 1. The number of aliphatic hydroxyl groups is 1. The van der Waals surface area contributed by atoms with Crippen LogP contribution in [0.1, 0.15) is 6.42 Å². The first kappa shape index (κ1) is 13.8. The summed E-state index contributed by atoms with van der Waals surface area (Å²) in [5.41, 5.74) is 0.815. The van der Waals surface area contributed by atoms with Gasteiger partial charge in [0.2, 0.25) is 0 Å². The molecule has 0 aliphatic rings. The highest BCUT2D eigenvalue weighted by molar-refractivity contribution is 5.66. The summed E-state index contributed by atoms with van der Waals surface area (Å²) in [6, 6.07) is 0. The molecular weight excluding hydrogens is 204 g/mol. The molecule has 0 spiro atoms. The van der Waals surface area contributed by atoms with Crippen LogP contribution in [0.25, 0.3) is 0 Å². The second-order valence-corrected chi connectivity index (χ2v) is 2.77. The molecule has 0 bridgehead atoms. The van der Waals surface area contributed by atoms with Gasteiger partial charge in [-0.25, -0.2) is 0 Å². The number of allylic oxidation sites excluding steroid dienone is 8. The smallest absolute Gasteiger partial charge is 0.146 e. The monoisotopic (exact) mass is 218 g/mol. The minimum absolute atomic E-state index is 0.0908. The van der Waals surface area contributed by atoms with Crippen molar-refractivity contribution >= 4 is 12.6 Å². The Morgan fingerprint density at radius 3 is 2.50 bits per heavy atom. The van der Waals surface area contributed by atoms with Crippen LogP contribution < -0.4 is 0 Å². The average Bonchev–Trinajstić information content (AvgIpc) is 2.28. The van der Waals surface area contributed by atoms with E-state index < -0.39 is 0 Å². The van der Waals surface area contributed by atoms with Crippen LogP contribution >= 0.6 is 0 Å². The predicted octanol–water partition coefficient (Wildman–Crippen LogP) is 2.44. The third-order valence-electron chi connectivity index (χ3n) is 1.62. The van der Waals surface area contributed by atoms with Gasteiger partial charge in [-0.1, -0.05) is 30.9 Å². The lowest BCUT2D eigenvalue weighted by molar-refractivity contribution is -0.104. The lowest BCUT2D eigenvalue weighted by atomic mass is 10.2. The minimum atomic E-state index is -0.0908. The van der Waals surface area contributed by atoms with Crippen LogP contribution in [0.5, 0.6) is 0 Å². The van der Waals surface area contributed by atoms with Gasteiger partial charge >= 0.3 is 0 Å². The largest absolute Gasteiger partial charge is 0.508 e. The van der Waals surface area contributed by atoms with Gasteiger partial charge in [0, 0.05) is 6.08 Å². The molecule has 0 amide bonds. The molecule has 0 atom stereocenters. The molecule has 0 aromatic rings. The fourth-order valence-corrected chi connectivity index (χ4v) is 0.888. The number of carbonyl (C=O) groups excluding carboxylic acids is 2.